The highest BCUT2D eigenvalue weighted by atomic mass is 28.3. The van der Waals surface area contributed by atoms with Crippen molar-refractivity contribution in [2.45, 2.75) is 32.9 Å². The predicted octanol–water partition coefficient (Wildman–Crippen LogP) is 3.42. The van der Waals surface area contributed by atoms with Crippen molar-refractivity contribution in [3.05, 3.63) is 23.8 Å². The minimum atomic E-state index is -0.750. The summed E-state index contributed by atoms with van der Waals surface area (Å²) < 4.78 is 5.92. The van der Waals surface area contributed by atoms with Gasteiger partial charge in [0, 0.05) is 12.8 Å². The lowest BCUT2D eigenvalue weighted by Gasteiger charge is -2.13. The number of aliphatic imine (C=N–C) groups is 1. The Hall–Kier alpha value is -1.13. The molecule has 1 saturated heterocycles. The van der Waals surface area contributed by atoms with Gasteiger partial charge in [0.2, 0.25) is 0 Å². The molecule has 1 aliphatic heterocycles. The van der Waals surface area contributed by atoms with Crippen molar-refractivity contribution < 1.29 is 4.43 Å². The van der Waals surface area contributed by atoms with Gasteiger partial charge >= 0.3 is 0 Å². The average molecular weight is 275 g/mol. The van der Waals surface area contributed by atoms with Crippen LogP contribution in [0.25, 0.3) is 0 Å². The second-order valence-electron chi connectivity index (χ2n) is 5.30. The Kier molecular flexibility index (Phi) is 5.16. The van der Waals surface area contributed by atoms with Crippen LogP contribution in [0.15, 0.2) is 23.2 Å². The Bertz CT molecular complexity index is 440. The lowest BCUT2D eigenvalue weighted by molar-refractivity contribution is 0.391. The fraction of sp³-hybridized carbons (Fsp3) is 0.533. The van der Waals surface area contributed by atoms with E-state index >= 15 is 0 Å². The standard InChI is InChI=1S/C15H23N2OSi/c1-13-6-7-14(15(12-13)18-19(2)3)16-8-11-17-9-4-5-10-17/h6-8,12H,4-5,9-11H2,1-3H3. The molecule has 1 aromatic rings. The zero-order valence-electron chi connectivity index (χ0n) is 12.1. The Balaban J connectivity index is 2.03. The first-order chi connectivity index (χ1) is 9.15. The second kappa shape index (κ2) is 6.87. The van der Waals surface area contributed by atoms with Gasteiger partial charge in [0.15, 0.2) is 0 Å². The molecule has 0 atom stereocenters. The molecule has 1 radical (unpaired) electrons. The molecule has 0 spiro atoms. The van der Waals surface area contributed by atoms with Crippen molar-refractivity contribution in [3.63, 3.8) is 0 Å². The Morgan fingerprint density at radius 1 is 1.32 bits per heavy atom. The molecule has 3 nitrogen and oxygen atoms in total. The van der Waals surface area contributed by atoms with Crippen LogP contribution in [-0.4, -0.2) is 39.8 Å². The fourth-order valence-electron chi connectivity index (χ4n) is 2.25. The van der Waals surface area contributed by atoms with E-state index in [1.165, 1.54) is 31.5 Å². The Morgan fingerprint density at radius 2 is 2.05 bits per heavy atom. The van der Waals surface area contributed by atoms with E-state index in [2.05, 4.69) is 48.1 Å². The first-order valence-corrected chi connectivity index (χ1v) is 9.39. The molecule has 0 unspecified atom stereocenters. The highest BCUT2D eigenvalue weighted by Crippen LogP contribution is 2.28. The van der Waals surface area contributed by atoms with Gasteiger partial charge in [-0.1, -0.05) is 6.07 Å². The molecule has 0 N–H and O–H groups in total. The van der Waals surface area contributed by atoms with Crippen molar-refractivity contribution in [3.8, 4) is 5.75 Å². The molecule has 0 aromatic heterocycles. The normalized spacial score (nSPS) is 16.6. The number of hydrogen-bond acceptors (Lipinski definition) is 3. The molecule has 4 heteroatoms. The lowest BCUT2D eigenvalue weighted by atomic mass is 10.2. The third-order valence-corrected chi connectivity index (χ3v) is 3.83. The number of rotatable bonds is 5. The molecule has 2 rings (SSSR count). The van der Waals surface area contributed by atoms with Crippen molar-refractivity contribution in [2.24, 2.45) is 4.99 Å². The van der Waals surface area contributed by atoms with E-state index in [0.717, 1.165) is 18.0 Å². The van der Waals surface area contributed by atoms with Crippen molar-refractivity contribution in [1.29, 1.82) is 0 Å². The summed E-state index contributed by atoms with van der Waals surface area (Å²) in [4.78, 5) is 7.03. The molecular formula is C15H23N2OSi. The maximum absolute atomic E-state index is 5.92. The minimum Gasteiger partial charge on any atom is -0.541 e. The molecule has 1 aromatic carbocycles. The SMILES string of the molecule is Cc1ccc(N=CCN2CCCC2)c(O[Si](C)C)c1. The molecule has 0 bridgehead atoms. The third-order valence-electron chi connectivity index (χ3n) is 3.20. The van der Waals surface area contributed by atoms with Gasteiger partial charge in [-0.05, 0) is 63.6 Å². The van der Waals surface area contributed by atoms with Crippen molar-refractivity contribution in [1.82, 2.24) is 4.90 Å². The number of benzene rings is 1. The van der Waals surface area contributed by atoms with Crippen LogP contribution in [0.4, 0.5) is 5.69 Å². The number of aryl methyl sites for hydroxylation is 1. The van der Waals surface area contributed by atoms with Gasteiger partial charge in [-0.15, -0.1) is 0 Å². The molecule has 0 amide bonds. The summed E-state index contributed by atoms with van der Waals surface area (Å²) in [5.41, 5.74) is 2.17. The average Bonchev–Trinajstić information content (AvgIpc) is 2.84. The van der Waals surface area contributed by atoms with Crippen LogP contribution in [0.5, 0.6) is 5.75 Å². The van der Waals surface area contributed by atoms with Crippen LogP contribution in [0.3, 0.4) is 0 Å². The summed E-state index contributed by atoms with van der Waals surface area (Å²) >= 11 is 0. The topological polar surface area (TPSA) is 24.8 Å². The van der Waals surface area contributed by atoms with E-state index in [9.17, 15) is 0 Å². The summed E-state index contributed by atoms with van der Waals surface area (Å²) in [6, 6.07) is 6.23. The van der Waals surface area contributed by atoms with E-state index in [1.54, 1.807) is 0 Å². The molecule has 0 saturated carbocycles. The smallest absolute Gasteiger partial charge is 0.274 e. The molecule has 1 aliphatic rings. The van der Waals surface area contributed by atoms with E-state index in [4.69, 9.17) is 4.43 Å². The predicted molar refractivity (Wildman–Crippen MR) is 83.1 cm³/mol. The summed E-state index contributed by atoms with van der Waals surface area (Å²) in [5, 5.41) is 0. The van der Waals surface area contributed by atoms with Gasteiger partial charge < -0.3 is 4.43 Å². The van der Waals surface area contributed by atoms with Crippen molar-refractivity contribution >= 4 is 20.9 Å². The van der Waals surface area contributed by atoms with E-state index in [-0.39, 0.29) is 0 Å². The molecule has 0 aliphatic carbocycles. The first-order valence-electron chi connectivity index (χ1n) is 6.99. The number of nitrogens with zero attached hydrogens (tertiary/aromatic N) is 2. The summed E-state index contributed by atoms with van der Waals surface area (Å²) in [7, 11) is -0.750. The van der Waals surface area contributed by atoms with Gasteiger partial charge in [-0.25, -0.2) is 0 Å². The Labute approximate surface area is 118 Å². The van der Waals surface area contributed by atoms with Crippen LogP contribution in [-0.2, 0) is 0 Å². The maximum atomic E-state index is 5.92. The molecule has 1 heterocycles. The van der Waals surface area contributed by atoms with Gasteiger partial charge in [-0.2, -0.15) is 0 Å². The largest absolute Gasteiger partial charge is 0.541 e. The highest BCUT2D eigenvalue weighted by Gasteiger charge is 2.10. The van der Waals surface area contributed by atoms with Gasteiger partial charge in [-0.3, -0.25) is 9.89 Å². The quantitative estimate of drug-likeness (QED) is 0.607. The fourth-order valence-corrected chi connectivity index (χ4v) is 2.85. The van der Waals surface area contributed by atoms with Crippen LogP contribution in [0.2, 0.25) is 13.1 Å². The molecular weight excluding hydrogens is 252 g/mol. The summed E-state index contributed by atoms with van der Waals surface area (Å²) in [5.74, 6) is 0.927. The van der Waals surface area contributed by atoms with Gasteiger partial charge in [0.25, 0.3) is 9.04 Å². The Morgan fingerprint density at radius 3 is 2.74 bits per heavy atom. The molecule has 1 fully saturated rings. The monoisotopic (exact) mass is 275 g/mol. The summed E-state index contributed by atoms with van der Waals surface area (Å²) in [6.07, 6.45) is 4.66. The minimum absolute atomic E-state index is 0.750. The second-order valence-corrected chi connectivity index (χ2v) is 7.32. The van der Waals surface area contributed by atoms with Crippen LogP contribution >= 0.6 is 0 Å². The van der Waals surface area contributed by atoms with Crippen molar-refractivity contribution in [2.75, 3.05) is 19.6 Å². The highest BCUT2D eigenvalue weighted by molar-refractivity contribution is 6.49. The number of hydrogen-bond donors (Lipinski definition) is 0. The van der Waals surface area contributed by atoms with E-state index in [1.807, 2.05) is 6.21 Å². The third kappa shape index (κ3) is 4.47. The van der Waals surface area contributed by atoms with Crippen LogP contribution in [0, 0.1) is 6.92 Å². The number of likely N-dealkylation sites (tertiary alicyclic amines) is 1. The van der Waals surface area contributed by atoms with Crippen LogP contribution < -0.4 is 4.43 Å². The lowest BCUT2D eigenvalue weighted by Crippen LogP contribution is -2.21. The van der Waals surface area contributed by atoms with Gasteiger partial charge in [0.1, 0.15) is 11.4 Å². The van der Waals surface area contributed by atoms with Gasteiger partial charge in [0.05, 0.1) is 0 Å². The zero-order valence-corrected chi connectivity index (χ0v) is 13.1. The van der Waals surface area contributed by atoms with Crippen LogP contribution in [0.1, 0.15) is 18.4 Å². The first kappa shape index (κ1) is 14.3. The molecule has 19 heavy (non-hydrogen) atoms. The maximum Gasteiger partial charge on any atom is 0.274 e. The summed E-state index contributed by atoms with van der Waals surface area (Å²) in [6.45, 7) is 9.74. The van der Waals surface area contributed by atoms with E-state index in [0.29, 0.717) is 0 Å². The zero-order chi connectivity index (χ0) is 13.7. The van der Waals surface area contributed by atoms with E-state index < -0.39 is 9.04 Å². The molecule has 103 valence electrons.